The van der Waals surface area contributed by atoms with Crippen molar-refractivity contribution in [2.75, 3.05) is 23.1 Å². The number of amidine groups is 1. The van der Waals surface area contributed by atoms with Crippen LogP contribution in [0.15, 0.2) is 82.9 Å². The molecule has 3 amide bonds. The topological polar surface area (TPSA) is 102 Å². The van der Waals surface area contributed by atoms with E-state index in [0.717, 1.165) is 11.1 Å². The van der Waals surface area contributed by atoms with Crippen LogP contribution in [-0.4, -0.2) is 50.2 Å². The number of hydrogen-bond acceptors (Lipinski definition) is 7. The van der Waals surface area contributed by atoms with Crippen molar-refractivity contribution >= 4 is 52.0 Å². The fourth-order valence-corrected chi connectivity index (χ4v) is 5.66. The molecule has 14 heteroatoms. The van der Waals surface area contributed by atoms with Crippen molar-refractivity contribution in [1.29, 1.82) is 0 Å². The Morgan fingerprint density at radius 3 is 2.51 bits per heavy atom. The number of methoxy groups -OCH3 is 1. The van der Waals surface area contributed by atoms with Crippen LogP contribution in [-0.2, 0) is 9.53 Å². The van der Waals surface area contributed by atoms with Gasteiger partial charge in [-0.15, -0.1) is 5.10 Å². The van der Waals surface area contributed by atoms with Crippen LogP contribution in [0.2, 0.25) is 0 Å². The van der Waals surface area contributed by atoms with Crippen molar-refractivity contribution in [3.8, 4) is 17.1 Å². The van der Waals surface area contributed by atoms with Gasteiger partial charge in [-0.3, -0.25) is 9.69 Å². The molecule has 1 aliphatic rings. The number of carbonyl (C=O) groups is 2. The first-order valence-corrected chi connectivity index (χ1v) is 14.7. The number of benzene rings is 3. The van der Waals surface area contributed by atoms with Gasteiger partial charge in [-0.25, -0.2) is 14.5 Å². The lowest BCUT2D eigenvalue weighted by molar-refractivity contribution is -0.115. The highest BCUT2D eigenvalue weighted by Crippen LogP contribution is 2.37. The summed E-state index contributed by atoms with van der Waals surface area (Å²) in [6.45, 7) is 3.80. The number of carbonyl (C=O) groups excluding carboxylic acids is 2. The third-order valence-corrected chi connectivity index (χ3v) is 8.06. The van der Waals surface area contributed by atoms with Crippen LogP contribution in [0, 0.1) is 6.92 Å². The third kappa shape index (κ3) is 7.27. The molecule has 43 heavy (non-hydrogen) atoms. The maximum absolute atomic E-state index is 12.8. The van der Waals surface area contributed by atoms with E-state index in [0.29, 0.717) is 28.5 Å². The SMILES string of the molecule is COC(C)c1ccc(C)cc1N1C(=O)CSC1=NC(=O)Nc1ccc(-c2ncn(-c3ccc(SC(F)(F)F)cc3)n2)cc1. The molecule has 0 bridgehead atoms. The smallest absolute Gasteiger partial charge is 0.377 e. The Bertz CT molecular complexity index is 1670. The zero-order chi connectivity index (χ0) is 30.7. The molecular weight excluding hydrogens is 601 g/mol. The van der Waals surface area contributed by atoms with Gasteiger partial charge in [0, 0.05) is 28.8 Å². The molecule has 3 aromatic carbocycles. The fourth-order valence-electron chi connectivity index (χ4n) is 4.26. The average molecular weight is 627 g/mol. The van der Waals surface area contributed by atoms with Crippen LogP contribution in [0.25, 0.3) is 17.1 Å². The fraction of sp³-hybridized carbons (Fsp3) is 0.207. The summed E-state index contributed by atoms with van der Waals surface area (Å²) < 4.78 is 44.7. The zero-order valence-electron chi connectivity index (χ0n) is 23.1. The minimum atomic E-state index is -4.36. The van der Waals surface area contributed by atoms with Crippen molar-refractivity contribution < 1.29 is 27.5 Å². The summed E-state index contributed by atoms with van der Waals surface area (Å²) in [5.74, 6) is 0.369. The summed E-state index contributed by atoms with van der Waals surface area (Å²) in [5.41, 5.74) is -0.281. The van der Waals surface area contributed by atoms with Gasteiger partial charge < -0.3 is 10.1 Å². The van der Waals surface area contributed by atoms with E-state index >= 15 is 0 Å². The predicted octanol–water partition coefficient (Wildman–Crippen LogP) is 7.23. The second-order valence-electron chi connectivity index (χ2n) is 9.41. The van der Waals surface area contributed by atoms with Crippen LogP contribution >= 0.6 is 23.5 Å². The van der Waals surface area contributed by atoms with E-state index in [9.17, 15) is 22.8 Å². The summed E-state index contributed by atoms with van der Waals surface area (Å²) in [4.78, 5) is 35.7. The van der Waals surface area contributed by atoms with Gasteiger partial charge in [-0.1, -0.05) is 23.9 Å². The van der Waals surface area contributed by atoms with E-state index in [4.69, 9.17) is 4.74 Å². The lowest BCUT2D eigenvalue weighted by Crippen LogP contribution is -2.31. The summed E-state index contributed by atoms with van der Waals surface area (Å²) >= 11 is 1.00. The maximum atomic E-state index is 12.8. The van der Waals surface area contributed by atoms with E-state index < -0.39 is 11.5 Å². The largest absolute Gasteiger partial charge is 0.446 e. The number of thioether (sulfide) groups is 2. The van der Waals surface area contributed by atoms with Gasteiger partial charge in [0.25, 0.3) is 0 Å². The van der Waals surface area contributed by atoms with Crippen molar-refractivity contribution in [3.05, 3.63) is 84.2 Å². The van der Waals surface area contributed by atoms with Gasteiger partial charge in [0.2, 0.25) is 5.91 Å². The molecule has 1 fully saturated rings. The highest BCUT2D eigenvalue weighted by Gasteiger charge is 2.33. The molecule has 1 saturated heterocycles. The van der Waals surface area contributed by atoms with E-state index in [2.05, 4.69) is 20.4 Å². The first-order chi connectivity index (χ1) is 20.5. The lowest BCUT2D eigenvalue weighted by atomic mass is 10.0. The van der Waals surface area contributed by atoms with Crippen LogP contribution in [0.3, 0.4) is 0 Å². The Morgan fingerprint density at radius 1 is 1.12 bits per heavy atom. The monoisotopic (exact) mass is 626 g/mol. The summed E-state index contributed by atoms with van der Waals surface area (Å²) in [5, 5.41) is 7.40. The molecule has 5 rings (SSSR count). The minimum absolute atomic E-state index is 0.0748. The van der Waals surface area contributed by atoms with Gasteiger partial charge in [-0.2, -0.15) is 18.2 Å². The number of aliphatic imine (C=N–C) groups is 1. The highest BCUT2D eigenvalue weighted by molar-refractivity contribution is 8.15. The van der Waals surface area contributed by atoms with Crippen molar-refractivity contribution in [1.82, 2.24) is 14.8 Å². The molecule has 0 spiro atoms. The predicted molar refractivity (Wildman–Crippen MR) is 162 cm³/mol. The van der Waals surface area contributed by atoms with E-state index in [-0.39, 0.29) is 39.6 Å². The number of hydrogen-bond donors (Lipinski definition) is 1. The van der Waals surface area contributed by atoms with Gasteiger partial charge in [-0.05, 0) is 85.8 Å². The second kappa shape index (κ2) is 12.6. The molecule has 1 unspecified atom stereocenters. The van der Waals surface area contributed by atoms with Gasteiger partial charge in [0.1, 0.15) is 6.33 Å². The standard InChI is InChI=1S/C29H25F3N6O3S2/c1-17-4-13-23(18(2)41-3)24(14-17)38-25(39)15-42-28(38)35-27(40)34-20-7-5-19(6-8-20)26-33-16-37(36-26)21-9-11-22(12-10-21)43-29(30,31)32/h4-14,16,18H,15H2,1-3H3,(H,34,40). The lowest BCUT2D eigenvalue weighted by Gasteiger charge is -2.23. The Labute approximate surface area is 253 Å². The number of alkyl halides is 3. The number of halogens is 3. The van der Waals surface area contributed by atoms with Crippen LogP contribution < -0.4 is 10.2 Å². The molecule has 0 saturated carbocycles. The van der Waals surface area contributed by atoms with Gasteiger partial charge >= 0.3 is 11.5 Å². The number of amides is 3. The molecule has 1 atom stereocenters. The average Bonchev–Trinajstić information content (AvgIpc) is 3.59. The summed E-state index contributed by atoms with van der Waals surface area (Å²) in [6.07, 6.45) is 1.19. The zero-order valence-corrected chi connectivity index (χ0v) is 24.8. The van der Waals surface area contributed by atoms with E-state index in [1.165, 1.54) is 51.9 Å². The number of anilines is 2. The number of aromatic nitrogens is 3. The summed E-state index contributed by atoms with van der Waals surface area (Å²) in [6, 6.07) is 17.6. The van der Waals surface area contributed by atoms with Crippen LogP contribution in [0.5, 0.6) is 0 Å². The Balaban J connectivity index is 1.28. The van der Waals surface area contributed by atoms with Crippen molar-refractivity contribution in [2.45, 2.75) is 30.4 Å². The number of nitrogens with zero attached hydrogens (tertiary/aromatic N) is 5. The molecule has 2 heterocycles. The quantitative estimate of drug-likeness (QED) is 0.216. The Kier molecular flexibility index (Phi) is 8.89. The first kappa shape index (κ1) is 30.3. The molecule has 1 N–H and O–H groups in total. The molecule has 0 aliphatic carbocycles. The molecule has 0 radical (unpaired) electrons. The number of nitrogens with one attached hydrogen (secondary N) is 1. The van der Waals surface area contributed by atoms with Gasteiger partial charge in [0.15, 0.2) is 11.0 Å². The maximum Gasteiger partial charge on any atom is 0.446 e. The van der Waals surface area contributed by atoms with E-state index in [1.807, 2.05) is 32.0 Å². The number of urea groups is 1. The second-order valence-corrected chi connectivity index (χ2v) is 11.5. The minimum Gasteiger partial charge on any atom is -0.377 e. The Hall–Kier alpha value is -4.14. The number of ether oxygens (including phenoxy) is 1. The van der Waals surface area contributed by atoms with Crippen molar-refractivity contribution in [2.24, 2.45) is 4.99 Å². The van der Waals surface area contributed by atoms with E-state index in [1.54, 1.807) is 31.4 Å². The third-order valence-electron chi connectivity index (χ3n) is 6.40. The molecule has 9 nitrogen and oxygen atoms in total. The van der Waals surface area contributed by atoms with Crippen LogP contribution in [0.4, 0.5) is 29.3 Å². The van der Waals surface area contributed by atoms with Crippen molar-refractivity contribution in [3.63, 3.8) is 0 Å². The molecular formula is C29H25F3N6O3S2. The number of rotatable bonds is 7. The van der Waals surface area contributed by atoms with Gasteiger partial charge in [0.05, 0.1) is 23.2 Å². The molecule has 1 aliphatic heterocycles. The normalized spacial score (nSPS) is 15.3. The molecule has 222 valence electrons. The molecule has 4 aromatic rings. The summed E-state index contributed by atoms with van der Waals surface area (Å²) in [7, 11) is 1.59. The first-order valence-electron chi connectivity index (χ1n) is 12.9. The Morgan fingerprint density at radius 2 is 1.84 bits per heavy atom. The molecule has 1 aromatic heterocycles. The van der Waals surface area contributed by atoms with Crippen LogP contribution in [0.1, 0.15) is 24.2 Å². The highest BCUT2D eigenvalue weighted by atomic mass is 32.2. The number of aryl methyl sites for hydroxylation is 1.